The van der Waals surface area contributed by atoms with Crippen LogP contribution in [0.3, 0.4) is 0 Å². The molecular formula is C21H24N4O4S2. The van der Waals surface area contributed by atoms with Crippen LogP contribution in [-0.2, 0) is 14.8 Å². The number of anilines is 1. The number of thiophene rings is 1. The van der Waals surface area contributed by atoms with E-state index in [-0.39, 0.29) is 17.3 Å². The van der Waals surface area contributed by atoms with Gasteiger partial charge in [-0.15, -0.1) is 11.3 Å². The Morgan fingerprint density at radius 1 is 1.26 bits per heavy atom. The minimum atomic E-state index is -3.74. The summed E-state index contributed by atoms with van der Waals surface area (Å²) in [6.07, 6.45) is 1.28. The molecule has 2 aromatic heterocycles. The number of carbonyl (C=O) groups excluding carboxylic acids is 1. The topological polar surface area (TPSA) is 105 Å². The summed E-state index contributed by atoms with van der Waals surface area (Å²) in [4.78, 5) is 18.5. The number of sulfonamides is 1. The van der Waals surface area contributed by atoms with E-state index >= 15 is 0 Å². The average Bonchev–Trinajstić information content (AvgIpc) is 3.34. The predicted octanol–water partition coefficient (Wildman–Crippen LogP) is 3.76. The Kier molecular flexibility index (Phi) is 5.96. The fraction of sp³-hybridized carbons (Fsp3) is 0.381. The molecule has 1 unspecified atom stereocenters. The molecule has 1 atom stereocenters. The van der Waals surface area contributed by atoms with Crippen molar-refractivity contribution >= 4 is 33.0 Å². The number of piperidine rings is 1. The summed E-state index contributed by atoms with van der Waals surface area (Å²) in [5.74, 6) is 0.239. The zero-order chi connectivity index (χ0) is 22.2. The van der Waals surface area contributed by atoms with Gasteiger partial charge in [0.2, 0.25) is 27.6 Å². The van der Waals surface area contributed by atoms with Crippen molar-refractivity contribution in [2.75, 3.05) is 18.4 Å². The first-order valence-electron chi connectivity index (χ1n) is 10.0. The van der Waals surface area contributed by atoms with E-state index in [1.165, 1.54) is 15.6 Å². The van der Waals surface area contributed by atoms with Crippen LogP contribution in [-0.4, -0.2) is 41.9 Å². The standard InChI is InChI=1S/C21H24N4O4S2/c1-13-6-4-8-17(10-13)23-21(26)16-7-5-9-25(12-16)31(27,28)19-11-18(30-14(19)2)20-22-15(3)29-24-20/h4,6,8,10-11,16H,5,7,9,12H2,1-3H3,(H,23,26). The molecule has 1 aromatic carbocycles. The van der Waals surface area contributed by atoms with Crippen molar-refractivity contribution in [1.29, 1.82) is 0 Å². The molecule has 164 valence electrons. The van der Waals surface area contributed by atoms with Gasteiger partial charge in [0, 0.05) is 30.6 Å². The molecule has 3 heterocycles. The Labute approximate surface area is 185 Å². The van der Waals surface area contributed by atoms with E-state index < -0.39 is 15.9 Å². The van der Waals surface area contributed by atoms with E-state index in [1.54, 1.807) is 19.9 Å². The van der Waals surface area contributed by atoms with Gasteiger partial charge in [-0.3, -0.25) is 4.79 Å². The second-order valence-corrected chi connectivity index (χ2v) is 10.9. The SMILES string of the molecule is Cc1cccc(NC(=O)C2CCCN(S(=O)(=O)c3cc(-c4noc(C)n4)sc3C)C2)c1. The second-order valence-electron chi connectivity index (χ2n) is 7.73. The lowest BCUT2D eigenvalue weighted by Gasteiger charge is -2.31. The molecule has 1 saturated heterocycles. The molecule has 0 saturated carbocycles. The predicted molar refractivity (Wildman–Crippen MR) is 118 cm³/mol. The van der Waals surface area contributed by atoms with Gasteiger partial charge in [-0.2, -0.15) is 9.29 Å². The highest BCUT2D eigenvalue weighted by Gasteiger charge is 2.35. The fourth-order valence-electron chi connectivity index (χ4n) is 3.71. The Balaban J connectivity index is 1.52. The third kappa shape index (κ3) is 4.56. The van der Waals surface area contributed by atoms with Crippen LogP contribution in [0.1, 0.15) is 29.2 Å². The zero-order valence-corrected chi connectivity index (χ0v) is 19.2. The summed E-state index contributed by atoms with van der Waals surface area (Å²) >= 11 is 1.31. The molecule has 1 N–H and O–H groups in total. The first-order valence-corrected chi connectivity index (χ1v) is 12.3. The molecule has 0 spiro atoms. The number of hydrogen-bond donors (Lipinski definition) is 1. The molecule has 10 heteroatoms. The second kappa shape index (κ2) is 8.52. The lowest BCUT2D eigenvalue weighted by molar-refractivity contribution is -0.120. The molecule has 31 heavy (non-hydrogen) atoms. The van der Waals surface area contributed by atoms with Crippen LogP contribution in [0.4, 0.5) is 5.69 Å². The first-order chi connectivity index (χ1) is 14.7. The van der Waals surface area contributed by atoms with Crippen molar-refractivity contribution in [2.24, 2.45) is 5.92 Å². The molecule has 0 aliphatic carbocycles. The molecule has 1 amide bonds. The van der Waals surface area contributed by atoms with E-state index in [2.05, 4.69) is 15.5 Å². The van der Waals surface area contributed by atoms with Crippen LogP contribution in [0.5, 0.6) is 0 Å². The maximum Gasteiger partial charge on any atom is 0.244 e. The highest BCUT2D eigenvalue weighted by atomic mass is 32.2. The maximum absolute atomic E-state index is 13.4. The van der Waals surface area contributed by atoms with Crippen molar-refractivity contribution in [3.05, 3.63) is 46.7 Å². The van der Waals surface area contributed by atoms with E-state index in [1.807, 2.05) is 31.2 Å². The Morgan fingerprint density at radius 3 is 2.77 bits per heavy atom. The van der Waals surface area contributed by atoms with Gasteiger partial charge in [-0.05, 0) is 50.5 Å². The fourth-order valence-corrected chi connectivity index (χ4v) is 6.72. The number of hydrogen-bond acceptors (Lipinski definition) is 7. The van der Waals surface area contributed by atoms with Gasteiger partial charge in [-0.25, -0.2) is 8.42 Å². The number of nitrogens with zero attached hydrogens (tertiary/aromatic N) is 3. The van der Waals surface area contributed by atoms with Crippen molar-refractivity contribution in [3.63, 3.8) is 0 Å². The van der Waals surface area contributed by atoms with Gasteiger partial charge in [0.15, 0.2) is 0 Å². The quantitative estimate of drug-likeness (QED) is 0.621. The molecule has 8 nitrogen and oxygen atoms in total. The van der Waals surface area contributed by atoms with E-state index in [4.69, 9.17) is 4.52 Å². The molecule has 0 radical (unpaired) electrons. The molecule has 0 bridgehead atoms. The van der Waals surface area contributed by atoms with Crippen LogP contribution in [0.2, 0.25) is 0 Å². The molecule has 3 aromatic rings. The van der Waals surface area contributed by atoms with Crippen LogP contribution in [0.25, 0.3) is 10.7 Å². The largest absolute Gasteiger partial charge is 0.339 e. The minimum Gasteiger partial charge on any atom is -0.339 e. The number of amides is 1. The van der Waals surface area contributed by atoms with Gasteiger partial charge in [0.1, 0.15) is 0 Å². The van der Waals surface area contributed by atoms with Crippen LogP contribution in [0, 0.1) is 26.7 Å². The number of nitrogens with one attached hydrogen (secondary N) is 1. The number of aromatic nitrogens is 2. The number of carbonyl (C=O) groups is 1. The molecule has 4 rings (SSSR count). The third-order valence-electron chi connectivity index (χ3n) is 5.28. The zero-order valence-electron chi connectivity index (χ0n) is 17.6. The smallest absolute Gasteiger partial charge is 0.244 e. The highest BCUT2D eigenvalue weighted by molar-refractivity contribution is 7.89. The van der Waals surface area contributed by atoms with Crippen molar-refractivity contribution in [2.45, 2.75) is 38.5 Å². The van der Waals surface area contributed by atoms with Gasteiger partial charge in [0.05, 0.1) is 15.7 Å². The monoisotopic (exact) mass is 460 g/mol. The van der Waals surface area contributed by atoms with Crippen molar-refractivity contribution in [1.82, 2.24) is 14.4 Å². The van der Waals surface area contributed by atoms with Gasteiger partial charge >= 0.3 is 0 Å². The summed E-state index contributed by atoms with van der Waals surface area (Å²) in [5.41, 5.74) is 1.77. The third-order valence-corrected chi connectivity index (χ3v) is 8.45. The molecule has 1 aliphatic heterocycles. The Morgan fingerprint density at radius 2 is 2.06 bits per heavy atom. The maximum atomic E-state index is 13.4. The van der Waals surface area contributed by atoms with E-state index in [0.29, 0.717) is 40.9 Å². The van der Waals surface area contributed by atoms with Crippen molar-refractivity contribution < 1.29 is 17.7 Å². The molecule has 1 aliphatic rings. The summed E-state index contributed by atoms with van der Waals surface area (Å²) in [7, 11) is -3.74. The highest BCUT2D eigenvalue weighted by Crippen LogP contribution is 2.35. The summed E-state index contributed by atoms with van der Waals surface area (Å²) in [6.45, 7) is 5.95. The van der Waals surface area contributed by atoms with Crippen LogP contribution >= 0.6 is 11.3 Å². The summed E-state index contributed by atoms with van der Waals surface area (Å²) < 4.78 is 33.2. The van der Waals surface area contributed by atoms with Crippen LogP contribution in [0.15, 0.2) is 39.8 Å². The molecular weight excluding hydrogens is 436 g/mol. The van der Waals surface area contributed by atoms with Crippen LogP contribution < -0.4 is 5.32 Å². The number of rotatable bonds is 5. The van der Waals surface area contributed by atoms with Gasteiger partial charge in [-0.1, -0.05) is 17.3 Å². The number of aryl methyl sites for hydroxylation is 3. The molecule has 1 fully saturated rings. The van der Waals surface area contributed by atoms with E-state index in [9.17, 15) is 13.2 Å². The lowest BCUT2D eigenvalue weighted by atomic mass is 9.98. The first kappa shape index (κ1) is 21.7. The summed E-state index contributed by atoms with van der Waals surface area (Å²) in [5, 5.41) is 6.80. The van der Waals surface area contributed by atoms with Gasteiger partial charge in [0.25, 0.3) is 0 Å². The normalized spacial score (nSPS) is 17.6. The average molecular weight is 461 g/mol. The van der Waals surface area contributed by atoms with E-state index in [0.717, 1.165) is 11.3 Å². The van der Waals surface area contributed by atoms with Crippen molar-refractivity contribution in [3.8, 4) is 10.7 Å². The lowest BCUT2D eigenvalue weighted by Crippen LogP contribution is -2.43. The Hall–Kier alpha value is -2.56. The number of benzene rings is 1. The minimum absolute atomic E-state index is 0.157. The van der Waals surface area contributed by atoms with Gasteiger partial charge < -0.3 is 9.84 Å². The Bertz CT molecular complexity index is 1220. The summed E-state index contributed by atoms with van der Waals surface area (Å²) in [6, 6.07) is 9.15.